The first-order chi connectivity index (χ1) is 12.2. The highest BCUT2D eigenvalue weighted by molar-refractivity contribution is 6.22. The zero-order valence-electron chi connectivity index (χ0n) is 14.8. The van der Waals surface area contributed by atoms with Gasteiger partial charge < -0.3 is 25.7 Å². The lowest BCUT2D eigenvalue weighted by Gasteiger charge is -2.32. The summed E-state index contributed by atoms with van der Waals surface area (Å²) in [5.41, 5.74) is 8.96. The average Bonchev–Trinajstić information content (AvgIpc) is 2.56. The van der Waals surface area contributed by atoms with Crippen molar-refractivity contribution in [2.24, 2.45) is 11.5 Å². The molecule has 0 saturated carbocycles. The zero-order valence-corrected chi connectivity index (χ0v) is 16.3. The summed E-state index contributed by atoms with van der Waals surface area (Å²) < 4.78 is 15.1. The van der Waals surface area contributed by atoms with Crippen LogP contribution in [0.2, 0.25) is 0 Å². The highest BCUT2D eigenvalue weighted by Crippen LogP contribution is 2.27. The summed E-state index contributed by atoms with van der Waals surface area (Å²) in [5, 5.41) is 0. The number of halogens is 2. The largest absolute Gasteiger partial charge is 0.453 e. The normalized spacial score (nSPS) is 12.1. The van der Waals surface area contributed by atoms with E-state index in [-0.39, 0.29) is 30.4 Å². The van der Waals surface area contributed by atoms with Crippen LogP contribution in [0, 0.1) is 0 Å². The van der Waals surface area contributed by atoms with Crippen LogP contribution in [0.15, 0.2) is 12.2 Å². The van der Waals surface area contributed by atoms with Gasteiger partial charge in [0, 0.05) is 12.0 Å². The number of primary amides is 2. The topological polar surface area (TPSA) is 131 Å². The van der Waals surface area contributed by atoms with Gasteiger partial charge in [-0.3, -0.25) is 0 Å². The summed E-state index contributed by atoms with van der Waals surface area (Å²) in [6.07, 6.45) is 0.0814. The molecule has 150 valence electrons. The van der Waals surface area contributed by atoms with Crippen molar-refractivity contribution in [1.82, 2.24) is 0 Å². The Morgan fingerprint density at radius 3 is 2.15 bits per heavy atom. The number of hydrogen-bond donors (Lipinski definition) is 2. The number of hydrogen-bond acceptors (Lipinski definition) is 6. The van der Waals surface area contributed by atoms with Crippen molar-refractivity contribution in [3.05, 3.63) is 12.2 Å². The summed E-state index contributed by atoms with van der Waals surface area (Å²) in [6, 6.07) is 0. The van der Waals surface area contributed by atoms with E-state index in [4.69, 9.17) is 44.1 Å². The maximum absolute atomic E-state index is 11.8. The molecule has 0 spiro atoms. The SMILES string of the molecule is C=C(C)C(=O)OC(CCl)(CCl)CC(CCCCCOC(N)=O)OC(N)=O. The van der Waals surface area contributed by atoms with Gasteiger partial charge in [0.25, 0.3) is 0 Å². The minimum Gasteiger partial charge on any atom is -0.453 e. The van der Waals surface area contributed by atoms with Crippen LogP contribution in [-0.2, 0) is 19.0 Å². The summed E-state index contributed by atoms with van der Waals surface area (Å²) in [6.45, 7) is 5.22. The minimum absolute atomic E-state index is 0.0827. The molecule has 0 radical (unpaired) electrons. The number of carbonyl (C=O) groups is 3. The fourth-order valence-corrected chi connectivity index (χ4v) is 2.74. The lowest BCUT2D eigenvalue weighted by molar-refractivity contribution is -0.153. The first-order valence-corrected chi connectivity index (χ1v) is 9.11. The maximum atomic E-state index is 11.8. The van der Waals surface area contributed by atoms with E-state index in [9.17, 15) is 14.4 Å². The van der Waals surface area contributed by atoms with Crippen LogP contribution in [0.4, 0.5) is 9.59 Å². The quantitative estimate of drug-likeness (QED) is 0.157. The molecule has 0 aliphatic carbocycles. The molecule has 8 nitrogen and oxygen atoms in total. The number of alkyl halides is 2. The monoisotopic (exact) mass is 412 g/mol. The molecule has 0 rings (SSSR count). The van der Waals surface area contributed by atoms with Crippen LogP contribution in [0.1, 0.15) is 39.0 Å². The first kappa shape index (κ1) is 24.3. The molecule has 0 aliphatic rings. The van der Waals surface area contributed by atoms with E-state index in [0.29, 0.717) is 25.7 Å². The van der Waals surface area contributed by atoms with E-state index < -0.39 is 29.9 Å². The van der Waals surface area contributed by atoms with Crippen LogP contribution >= 0.6 is 23.2 Å². The summed E-state index contributed by atoms with van der Waals surface area (Å²) >= 11 is 11.9. The average molecular weight is 413 g/mol. The predicted molar refractivity (Wildman–Crippen MR) is 98.2 cm³/mol. The number of esters is 1. The van der Waals surface area contributed by atoms with Gasteiger partial charge in [0.15, 0.2) is 0 Å². The Kier molecular flexibility index (Phi) is 11.8. The molecule has 0 saturated heterocycles. The van der Waals surface area contributed by atoms with Gasteiger partial charge in [0.2, 0.25) is 0 Å². The second kappa shape index (κ2) is 12.6. The third kappa shape index (κ3) is 10.4. The Labute approximate surface area is 163 Å². The third-order valence-corrected chi connectivity index (χ3v) is 4.42. The molecule has 0 heterocycles. The van der Waals surface area contributed by atoms with Crippen molar-refractivity contribution >= 4 is 41.4 Å². The van der Waals surface area contributed by atoms with E-state index in [0.717, 1.165) is 0 Å². The summed E-state index contributed by atoms with van der Waals surface area (Å²) in [5.74, 6) is -0.797. The smallest absolute Gasteiger partial charge is 0.404 e. The molecule has 0 aromatic rings. The maximum Gasteiger partial charge on any atom is 0.404 e. The number of rotatable bonds is 13. The molecule has 0 aromatic carbocycles. The lowest BCUT2D eigenvalue weighted by atomic mass is 9.96. The van der Waals surface area contributed by atoms with Crippen molar-refractivity contribution in [3.63, 3.8) is 0 Å². The van der Waals surface area contributed by atoms with Crippen LogP contribution in [0.25, 0.3) is 0 Å². The number of carbonyl (C=O) groups excluding carboxylic acids is 3. The molecule has 0 aromatic heterocycles. The molecule has 2 amide bonds. The van der Waals surface area contributed by atoms with Crippen LogP contribution in [0.3, 0.4) is 0 Å². The van der Waals surface area contributed by atoms with Gasteiger partial charge in [-0.25, -0.2) is 14.4 Å². The van der Waals surface area contributed by atoms with Gasteiger partial charge in [-0.1, -0.05) is 6.58 Å². The molecule has 10 heteroatoms. The lowest BCUT2D eigenvalue weighted by Crippen LogP contribution is -2.44. The predicted octanol–water partition coefficient (Wildman–Crippen LogP) is 2.83. The van der Waals surface area contributed by atoms with E-state index in [1.807, 2.05) is 0 Å². The van der Waals surface area contributed by atoms with Crippen molar-refractivity contribution in [2.45, 2.75) is 50.7 Å². The summed E-state index contributed by atoms with van der Waals surface area (Å²) in [7, 11) is 0. The van der Waals surface area contributed by atoms with Crippen molar-refractivity contribution in [1.29, 1.82) is 0 Å². The Bertz CT molecular complexity index is 497. The minimum atomic E-state index is -1.21. The number of amides is 2. The van der Waals surface area contributed by atoms with Crippen LogP contribution in [-0.4, -0.2) is 48.2 Å². The Balaban J connectivity index is 4.76. The molecule has 26 heavy (non-hydrogen) atoms. The van der Waals surface area contributed by atoms with Crippen molar-refractivity contribution in [2.75, 3.05) is 18.4 Å². The van der Waals surface area contributed by atoms with Crippen molar-refractivity contribution < 1.29 is 28.6 Å². The third-order valence-electron chi connectivity index (χ3n) is 3.44. The van der Waals surface area contributed by atoms with E-state index in [1.165, 1.54) is 6.92 Å². The molecule has 0 fully saturated rings. The second-order valence-corrected chi connectivity index (χ2v) is 6.43. The standard InChI is InChI=1S/C16H26Cl2N2O6/c1-11(2)13(21)26-16(9-17,10-18)8-12(25-15(20)23)6-4-3-5-7-24-14(19)22/h12H,1,3-10H2,2H3,(H2,19,22)(H2,20,23). The highest BCUT2D eigenvalue weighted by atomic mass is 35.5. The van der Waals surface area contributed by atoms with E-state index >= 15 is 0 Å². The van der Waals surface area contributed by atoms with Crippen LogP contribution in [0.5, 0.6) is 0 Å². The van der Waals surface area contributed by atoms with Gasteiger partial charge in [0.1, 0.15) is 11.7 Å². The zero-order chi connectivity index (χ0) is 20.2. The summed E-state index contributed by atoms with van der Waals surface area (Å²) in [4.78, 5) is 33.5. The Hall–Kier alpha value is -1.67. The molecule has 0 bridgehead atoms. The Morgan fingerprint density at radius 2 is 1.69 bits per heavy atom. The van der Waals surface area contributed by atoms with Crippen LogP contribution < -0.4 is 11.5 Å². The van der Waals surface area contributed by atoms with Gasteiger partial charge in [-0.05, 0) is 32.6 Å². The van der Waals surface area contributed by atoms with E-state index in [1.54, 1.807) is 0 Å². The fraction of sp³-hybridized carbons (Fsp3) is 0.688. The second-order valence-electron chi connectivity index (χ2n) is 5.90. The van der Waals surface area contributed by atoms with Gasteiger partial charge in [-0.2, -0.15) is 0 Å². The molecule has 1 atom stereocenters. The first-order valence-electron chi connectivity index (χ1n) is 8.05. The molecular weight excluding hydrogens is 387 g/mol. The Morgan fingerprint density at radius 1 is 1.08 bits per heavy atom. The van der Waals surface area contributed by atoms with Gasteiger partial charge in [-0.15, -0.1) is 23.2 Å². The van der Waals surface area contributed by atoms with Crippen molar-refractivity contribution in [3.8, 4) is 0 Å². The highest BCUT2D eigenvalue weighted by Gasteiger charge is 2.37. The molecule has 1 unspecified atom stereocenters. The number of ether oxygens (including phenoxy) is 3. The number of unbranched alkanes of at least 4 members (excludes halogenated alkanes) is 2. The van der Waals surface area contributed by atoms with Gasteiger partial charge >= 0.3 is 18.2 Å². The molecule has 4 N–H and O–H groups in total. The number of nitrogens with two attached hydrogens (primary N) is 2. The molecular formula is C16H26Cl2N2O6. The van der Waals surface area contributed by atoms with E-state index in [2.05, 4.69) is 11.3 Å². The fourth-order valence-electron chi connectivity index (χ4n) is 2.13. The molecule has 0 aliphatic heterocycles. The van der Waals surface area contributed by atoms with Gasteiger partial charge in [0.05, 0.1) is 18.4 Å².